The van der Waals surface area contributed by atoms with E-state index in [1.807, 2.05) is 65.7 Å². The third-order valence-corrected chi connectivity index (χ3v) is 5.80. The molecular weight excluding hydrogens is 441 g/mol. The number of aryl methyl sites for hydroxylation is 1. The number of para-hydroxylation sites is 1. The van der Waals surface area contributed by atoms with Crippen molar-refractivity contribution in [2.24, 2.45) is 0 Å². The van der Waals surface area contributed by atoms with Gasteiger partial charge in [0.05, 0.1) is 23.9 Å². The fourth-order valence-corrected chi connectivity index (χ4v) is 4.26. The Hall–Kier alpha value is -2.12. The molecule has 1 fully saturated rings. The lowest BCUT2D eigenvalue weighted by atomic mass is 10.00. The third-order valence-electron chi connectivity index (χ3n) is 5.03. The van der Waals surface area contributed by atoms with Crippen LogP contribution in [0.25, 0.3) is 11.3 Å². The van der Waals surface area contributed by atoms with Crippen molar-refractivity contribution in [1.82, 2.24) is 15.2 Å². The second-order valence-corrected chi connectivity index (χ2v) is 7.86. The third kappa shape index (κ3) is 4.95. The van der Waals surface area contributed by atoms with Crippen molar-refractivity contribution in [2.45, 2.75) is 13.0 Å². The van der Waals surface area contributed by atoms with Gasteiger partial charge in [-0.2, -0.15) is 0 Å². The number of ether oxygens (including phenoxy) is 1. The maximum atomic E-state index is 13.4. The average molecular weight is 466 g/mol. The predicted octanol–water partition coefficient (Wildman–Crippen LogP) is 4.76. The van der Waals surface area contributed by atoms with Crippen molar-refractivity contribution in [2.75, 3.05) is 26.7 Å². The summed E-state index contributed by atoms with van der Waals surface area (Å²) in [4.78, 5) is 19.9. The molecule has 0 aliphatic carbocycles. The first kappa shape index (κ1) is 24.2. The number of hydrogen-bond donors (Lipinski definition) is 1. The molecule has 1 atom stereocenters. The van der Waals surface area contributed by atoms with Gasteiger partial charge >= 0.3 is 0 Å². The molecule has 160 valence electrons. The van der Waals surface area contributed by atoms with Gasteiger partial charge in [-0.1, -0.05) is 30.3 Å². The van der Waals surface area contributed by atoms with Gasteiger partial charge in [-0.15, -0.1) is 36.2 Å². The minimum absolute atomic E-state index is 0. The lowest BCUT2D eigenvalue weighted by molar-refractivity contribution is 0.0631. The summed E-state index contributed by atoms with van der Waals surface area (Å²) in [6.45, 7) is 4.13. The van der Waals surface area contributed by atoms with Crippen molar-refractivity contribution in [1.29, 1.82) is 0 Å². The van der Waals surface area contributed by atoms with Crippen molar-refractivity contribution >= 4 is 42.1 Å². The summed E-state index contributed by atoms with van der Waals surface area (Å²) in [5.41, 5.74) is 3.60. The van der Waals surface area contributed by atoms with Crippen LogP contribution in [0.15, 0.2) is 53.9 Å². The van der Waals surface area contributed by atoms with E-state index in [9.17, 15) is 4.79 Å². The van der Waals surface area contributed by atoms with Crippen molar-refractivity contribution in [3.8, 4) is 17.0 Å². The van der Waals surface area contributed by atoms with E-state index in [1.54, 1.807) is 18.4 Å². The Labute approximate surface area is 193 Å². The summed E-state index contributed by atoms with van der Waals surface area (Å²) in [6, 6.07) is 15.6. The highest BCUT2D eigenvalue weighted by Gasteiger charge is 2.30. The molecule has 30 heavy (non-hydrogen) atoms. The molecule has 1 aliphatic rings. The van der Waals surface area contributed by atoms with Crippen LogP contribution in [-0.2, 0) is 0 Å². The van der Waals surface area contributed by atoms with Crippen LogP contribution in [0.2, 0.25) is 0 Å². The van der Waals surface area contributed by atoms with Gasteiger partial charge < -0.3 is 15.0 Å². The molecule has 4 rings (SSSR count). The summed E-state index contributed by atoms with van der Waals surface area (Å²) < 4.78 is 5.54. The molecule has 0 spiro atoms. The van der Waals surface area contributed by atoms with Crippen molar-refractivity contribution in [3.05, 3.63) is 70.0 Å². The summed E-state index contributed by atoms with van der Waals surface area (Å²) in [7, 11) is 1.67. The van der Waals surface area contributed by atoms with Crippen LogP contribution in [0, 0.1) is 6.92 Å². The van der Waals surface area contributed by atoms with Crippen LogP contribution in [0.1, 0.15) is 27.0 Å². The van der Waals surface area contributed by atoms with E-state index >= 15 is 0 Å². The number of carbonyl (C=O) groups excluding carboxylic acids is 1. The molecule has 8 heteroatoms. The Morgan fingerprint density at radius 1 is 1.20 bits per heavy atom. The first-order valence-corrected chi connectivity index (χ1v) is 10.2. The van der Waals surface area contributed by atoms with Gasteiger partial charge in [0.1, 0.15) is 5.75 Å². The molecule has 1 aliphatic heterocycles. The van der Waals surface area contributed by atoms with Crippen LogP contribution < -0.4 is 10.1 Å². The fourth-order valence-electron chi connectivity index (χ4n) is 3.64. The quantitative estimate of drug-likeness (QED) is 0.603. The number of methoxy groups -OCH3 is 1. The normalized spacial score (nSPS) is 15.7. The van der Waals surface area contributed by atoms with E-state index in [1.165, 1.54) is 0 Å². The number of aromatic nitrogens is 1. The molecule has 2 aromatic carbocycles. The molecule has 0 saturated carbocycles. The smallest absolute Gasteiger partial charge is 0.254 e. The van der Waals surface area contributed by atoms with E-state index in [0.717, 1.165) is 34.1 Å². The van der Waals surface area contributed by atoms with Gasteiger partial charge in [-0.05, 0) is 25.1 Å². The van der Waals surface area contributed by atoms with Crippen LogP contribution in [-0.4, -0.2) is 42.5 Å². The monoisotopic (exact) mass is 465 g/mol. The van der Waals surface area contributed by atoms with Crippen molar-refractivity contribution in [3.63, 3.8) is 0 Å². The molecule has 0 radical (unpaired) electrons. The molecule has 1 N–H and O–H groups in total. The number of halogens is 2. The lowest BCUT2D eigenvalue weighted by Crippen LogP contribution is -2.48. The number of rotatable bonds is 4. The van der Waals surface area contributed by atoms with Gasteiger partial charge in [-0.3, -0.25) is 4.79 Å². The highest BCUT2D eigenvalue weighted by Crippen LogP contribution is 2.31. The van der Waals surface area contributed by atoms with Crippen LogP contribution in [0.5, 0.6) is 5.75 Å². The van der Waals surface area contributed by atoms with E-state index < -0.39 is 0 Å². The number of nitrogens with one attached hydrogen (secondary N) is 1. The zero-order chi connectivity index (χ0) is 19.5. The first-order chi connectivity index (χ1) is 13.7. The summed E-state index contributed by atoms with van der Waals surface area (Å²) >= 11 is 1.61. The van der Waals surface area contributed by atoms with Crippen LogP contribution >= 0.6 is 36.2 Å². The molecule has 1 unspecified atom stereocenters. The molecular formula is C22H25Cl2N3O2S. The van der Waals surface area contributed by atoms with Crippen LogP contribution in [0.3, 0.4) is 0 Å². The predicted molar refractivity (Wildman–Crippen MR) is 126 cm³/mol. The maximum absolute atomic E-state index is 13.4. The fraction of sp³-hybridized carbons (Fsp3) is 0.273. The zero-order valence-corrected chi connectivity index (χ0v) is 19.3. The lowest BCUT2D eigenvalue weighted by Gasteiger charge is -2.37. The summed E-state index contributed by atoms with van der Waals surface area (Å²) in [5.74, 6) is 0.840. The van der Waals surface area contributed by atoms with E-state index in [0.29, 0.717) is 18.7 Å². The number of nitrogens with zero attached hydrogens (tertiary/aromatic N) is 2. The summed E-state index contributed by atoms with van der Waals surface area (Å²) in [6.07, 6.45) is 0. The highest BCUT2D eigenvalue weighted by molar-refractivity contribution is 7.09. The number of carbonyl (C=O) groups is 1. The number of thiazole rings is 1. The second kappa shape index (κ2) is 10.8. The Morgan fingerprint density at radius 3 is 2.73 bits per heavy atom. The second-order valence-electron chi connectivity index (χ2n) is 6.79. The molecule has 5 nitrogen and oxygen atoms in total. The Bertz CT molecular complexity index is 996. The number of amides is 1. The highest BCUT2D eigenvalue weighted by atomic mass is 35.5. The minimum atomic E-state index is -0.0671. The number of benzene rings is 2. The van der Waals surface area contributed by atoms with Gasteiger partial charge in [0.15, 0.2) is 0 Å². The van der Waals surface area contributed by atoms with Gasteiger partial charge in [-0.25, -0.2) is 4.98 Å². The Morgan fingerprint density at radius 2 is 2.00 bits per heavy atom. The van der Waals surface area contributed by atoms with E-state index in [4.69, 9.17) is 4.74 Å². The van der Waals surface area contributed by atoms with Gasteiger partial charge in [0.2, 0.25) is 0 Å². The molecule has 3 aromatic rings. The average Bonchev–Trinajstić information content (AvgIpc) is 3.19. The number of piperazine rings is 1. The van der Waals surface area contributed by atoms with Crippen molar-refractivity contribution < 1.29 is 9.53 Å². The minimum Gasteiger partial charge on any atom is -0.496 e. The molecule has 1 aromatic heterocycles. The Balaban J connectivity index is 0.00000160. The zero-order valence-electron chi connectivity index (χ0n) is 16.8. The Kier molecular flexibility index (Phi) is 8.67. The first-order valence-electron chi connectivity index (χ1n) is 9.34. The number of hydrogen-bond acceptors (Lipinski definition) is 5. The molecule has 2 heterocycles. The molecule has 1 saturated heterocycles. The van der Waals surface area contributed by atoms with Crippen LogP contribution in [0.4, 0.5) is 0 Å². The SMILES string of the molecule is COc1ccccc1C1CNCCN1C(=O)c1cccc(-c2csc(C)n2)c1.Cl.Cl. The topological polar surface area (TPSA) is 54.5 Å². The van der Waals surface area contributed by atoms with E-state index in [-0.39, 0.29) is 36.8 Å². The molecule has 1 amide bonds. The largest absolute Gasteiger partial charge is 0.496 e. The van der Waals surface area contributed by atoms with E-state index in [2.05, 4.69) is 10.3 Å². The standard InChI is InChI=1S/C22H23N3O2S.2ClH/c1-15-24-19(14-28-15)16-6-5-7-17(12-16)22(26)25-11-10-23-13-20(25)18-8-3-4-9-21(18)27-2;;/h3-9,12,14,20,23H,10-11,13H2,1-2H3;2*1H. The van der Waals surface area contributed by atoms with Gasteiger partial charge in [0, 0.05) is 41.7 Å². The summed E-state index contributed by atoms with van der Waals surface area (Å²) in [5, 5.41) is 6.45. The van der Waals surface area contributed by atoms with Gasteiger partial charge in [0.25, 0.3) is 5.91 Å². The molecule has 0 bridgehead atoms. The maximum Gasteiger partial charge on any atom is 0.254 e.